The zero-order valence-electron chi connectivity index (χ0n) is 24.3. The fraction of sp³-hybridized carbons (Fsp3) is 0.656. The van der Waals surface area contributed by atoms with E-state index < -0.39 is 18.5 Å². The van der Waals surface area contributed by atoms with Crippen LogP contribution in [0.5, 0.6) is 0 Å². The number of aliphatic carboxylic acids is 1. The number of carbonyl (C=O) groups excluding carboxylic acids is 1. The molecule has 2 aliphatic heterocycles. The molecule has 2 saturated carbocycles. The minimum absolute atomic E-state index is 0.00818. The smallest absolute Gasteiger partial charge is 0.303 e. The van der Waals surface area contributed by atoms with E-state index in [4.69, 9.17) is 10.6 Å². The van der Waals surface area contributed by atoms with Crippen LogP contribution in [-0.2, 0) is 14.4 Å². The number of carboxylic acid groups (broad SMARTS) is 1. The summed E-state index contributed by atoms with van der Waals surface area (Å²) in [5, 5.41) is 13.3. The lowest BCUT2D eigenvalue weighted by Gasteiger charge is -2.54. The molecule has 10 nitrogen and oxygen atoms in total. The van der Waals surface area contributed by atoms with Gasteiger partial charge in [-0.05, 0) is 68.9 Å². The number of hydrogen-bond acceptors (Lipinski definition) is 7. The second-order valence-electron chi connectivity index (χ2n) is 13.0. The maximum Gasteiger partial charge on any atom is 0.303 e. The summed E-state index contributed by atoms with van der Waals surface area (Å²) in [5.74, 6) is -0.00849. The fourth-order valence-electron chi connectivity index (χ4n) is 8.62. The minimum Gasteiger partial charge on any atom is -0.481 e. The standard InChI is InChI=1S/C32H43N5O5/c33-29(38)19-42-35-27(12-13-30(39)40)31-32(41)37(28-11-4-3-10-26(28)34-31)25-17-22-8-5-9-23(18-25)36(22)24-15-20-6-1-2-7-21(14-20)16-24/h3-4,10-11,20-25H,1-2,5-9,12-19H2,(H2,33,38)(H,39,40)/b35-27+/t20-,21+,22-,23+,24-,25+. The Morgan fingerprint density at radius 1 is 0.905 bits per heavy atom. The van der Waals surface area contributed by atoms with Crippen LogP contribution in [0.15, 0.2) is 34.2 Å². The van der Waals surface area contributed by atoms with E-state index >= 15 is 0 Å². The van der Waals surface area contributed by atoms with Crippen molar-refractivity contribution in [3.05, 3.63) is 40.3 Å². The normalized spacial score (nSPS) is 30.0. The molecule has 4 aliphatic rings. The summed E-state index contributed by atoms with van der Waals surface area (Å²) in [6.07, 6.45) is 14.7. The van der Waals surface area contributed by atoms with Gasteiger partial charge in [-0.1, -0.05) is 49.4 Å². The average Bonchev–Trinajstić information content (AvgIpc) is 3.12. The Hall–Kier alpha value is -3.27. The lowest BCUT2D eigenvalue weighted by atomic mass is 9.73. The summed E-state index contributed by atoms with van der Waals surface area (Å²) in [6.45, 7) is -0.469. The molecule has 10 heteroatoms. The highest BCUT2D eigenvalue weighted by Crippen LogP contribution is 2.47. The Bertz CT molecular complexity index is 1380. The SMILES string of the molecule is NC(=O)CO/N=C(\CCC(=O)O)c1nc2ccccc2n([C@H]2C[C@H]3CCC[C@@H](C2)N3[C@@H]2C[C@@H]3CCCC[C@@H](C3)C2)c1=O. The molecular weight excluding hydrogens is 534 g/mol. The van der Waals surface area contributed by atoms with Crippen LogP contribution in [0.3, 0.4) is 0 Å². The molecule has 226 valence electrons. The molecule has 0 unspecified atom stereocenters. The Morgan fingerprint density at radius 2 is 1.60 bits per heavy atom. The first kappa shape index (κ1) is 28.8. The third kappa shape index (κ3) is 6.09. The Kier molecular flexibility index (Phi) is 8.60. The largest absolute Gasteiger partial charge is 0.481 e. The van der Waals surface area contributed by atoms with E-state index in [1.165, 1.54) is 51.4 Å². The second kappa shape index (κ2) is 12.5. The number of piperidine rings is 2. The molecular formula is C32H43N5O5. The zero-order valence-corrected chi connectivity index (χ0v) is 24.3. The van der Waals surface area contributed by atoms with Gasteiger partial charge in [0.1, 0.15) is 5.71 Å². The Labute approximate surface area is 246 Å². The predicted molar refractivity (Wildman–Crippen MR) is 159 cm³/mol. The molecule has 2 aromatic rings. The summed E-state index contributed by atoms with van der Waals surface area (Å²) in [7, 11) is 0. The first-order valence-electron chi connectivity index (χ1n) is 15.9. The summed E-state index contributed by atoms with van der Waals surface area (Å²) >= 11 is 0. The minimum atomic E-state index is -1.03. The fourth-order valence-corrected chi connectivity index (χ4v) is 8.62. The molecule has 0 spiro atoms. The van der Waals surface area contributed by atoms with Gasteiger partial charge in [0.25, 0.3) is 11.5 Å². The van der Waals surface area contributed by atoms with E-state index in [9.17, 15) is 19.5 Å². The van der Waals surface area contributed by atoms with Crippen LogP contribution in [0.1, 0.15) is 102 Å². The third-order valence-corrected chi connectivity index (χ3v) is 10.2. The molecule has 4 fully saturated rings. The number of hydrogen-bond donors (Lipinski definition) is 2. The van der Waals surface area contributed by atoms with Crippen molar-refractivity contribution in [2.45, 2.75) is 114 Å². The van der Waals surface area contributed by atoms with Crippen LogP contribution in [0.4, 0.5) is 0 Å². The van der Waals surface area contributed by atoms with Gasteiger partial charge in [-0.3, -0.25) is 19.3 Å². The van der Waals surface area contributed by atoms with Crippen molar-refractivity contribution in [2.24, 2.45) is 22.7 Å². The van der Waals surface area contributed by atoms with Crippen molar-refractivity contribution >= 4 is 28.6 Å². The first-order valence-corrected chi connectivity index (χ1v) is 15.9. The molecule has 2 saturated heterocycles. The van der Waals surface area contributed by atoms with Gasteiger partial charge < -0.3 is 20.2 Å². The van der Waals surface area contributed by atoms with E-state index in [0.29, 0.717) is 23.6 Å². The van der Waals surface area contributed by atoms with Gasteiger partial charge in [0, 0.05) is 30.6 Å². The van der Waals surface area contributed by atoms with Gasteiger partial charge in [0.05, 0.1) is 17.5 Å². The number of rotatable bonds is 9. The van der Waals surface area contributed by atoms with E-state index in [-0.39, 0.29) is 35.8 Å². The van der Waals surface area contributed by atoms with E-state index in [0.717, 1.165) is 43.0 Å². The number of aromatic nitrogens is 2. The second-order valence-corrected chi connectivity index (χ2v) is 13.0. The van der Waals surface area contributed by atoms with Crippen LogP contribution in [-0.4, -0.2) is 61.9 Å². The van der Waals surface area contributed by atoms with Crippen molar-refractivity contribution < 1.29 is 19.5 Å². The average molecular weight is 578 g/mol. The third-order valence-electron chi connectivity index (χ3n) is 10.2. The highest BCUT2D eigenvalue weighted by Gasteiger charge is 2.45. The number of para-hydroxylation sites is 2. The molecule has 6 rings (SSSR count). The highest BCUT2D eigenvalue weighted by atomic mass is 16.6. The molecule has 1 amide bonds. The summed E-state index contributed by atoms with van der Waals surface area (Å²) in [4.78, 5) is 49.5. The highest BCUT2D eigenvalue weighted by molar-refractivity contribution is 6.00. The number of carboxylic acids is 1. The monoisotopic (exact) mass is 577 g/mol. The van der Waals surface area contributed by atoms with E-state index in [1.54, 1.807) is 0 Å². The lowest BCUT2D eigenvalue weighted by molar-refractivity contribution is -0.136. The van der Waals surface area contributed by atoms with Gasteiger partial charge in [0.15, 0.2) is 12.3 Å². The molecule has 1 aromatic carbocycles. The van der Waals surface area contributed by atoms with Crippen LogP contribution in [0, 0.1) is 11.8 Å². The van der Waals surface area contributed by atoms with Gasteiger partial charge in [-0.25, -0.2) is 4.98 Å². The number of amides is 1. The van der Waals surface area contributed by atoms with Crippen LogP contribution in [0.25, 0.3) is 11.0 Å². The predicted octanol–water partition coefficient (Wildman–Crippen LogP) is 4.38. The van der Waals surface area contributed by atoms with Crippen LogP contribution >= 0.6 is 0 Å². The number of carbonyl (C=O) groups is 2. The number of oxime groups is 1. The topological polar surface area (TPSA) is 140 Å². The van der Waals surface area contributed by atoms with Gasteiger partial charge in [-0.15, -0.1) is 0 Å². The van der Waals surface area contributed by atoms with Gasteiger partial charge >= 0.3 is 5.97 Å². The number of nitrogens with two attached hydrogens (primary N) is 1. The Morgan fingerprint density at radius 3 is 2.26 bits per heavy atom. The lowest BCUT2D eigenvalue weighted by Crippen LogP contribution is -2.58. The number of nitrogens with zero attached hydrogens (tertiary/aromatic N) is 4. The van der Waals surface area contributed by atoms with Crippen molar-refractivity contribution in [3.63, 3.8) is 0 Å². The molecule has 3 heterocycles. The molecule has 6 atom stereocenters. The molecule has 0 radical (unpaired) electrons. The van der Waals surface area contributed by atoms with Crippen LogP contribution in [0.2, 0.25) is 0 Å². The van der Waals surface area contributed by atoms with Crippen molar-refractivity contribution in [1.82, 2.24) is 14.5 Å². The number of fused-ring (bicyclic) bond motifs is 5. The quantitative estimate of drug-likeness (QED) is 0.333. The first-order chi connectivity index (χ1) is 20.4. The van der Waals surface area contributed by atoms with E-state index in [1.807, 2.05) is 28.8 Å². The Balaban J connectivity index is 1.34. The van der Waals surface area contributed by atoms with Gasteiger partial charge in [-0.2, -0.15) is 0 Å². The molecule has 3 N–H and O–H groups in total. The van der Waals surface area contributed by atoms with Crippen molar-refractivity contribution in [2.75, 3.05) is 6.61 Å². The molecule has 4 bridgehead atoms. The molecule has 2 aliphatic carbocycles. The summed E-state index contributed by atoms with van der Waals surface area (Å²) < 4.78 is 1.89. The maximum atomic E-state index is 14.3. The van der Waals surface area contributed by atoms with Gasteiger partial charge in [0.2, 0.25) is 0 Å². The zero-order chi connectivity index (χ0) is 29.2. The number of primary amides is 1. The molecule has 1 aromatic heterocycles. The van der Waals surface area contributed by atoms with Crippen molar-refractivity contribution in [1.29, 1.82) is 0 Å². The summed E-state index contributed by atoms with van der Waals surface area (Å²) in [6, 6.07) is 9.19. The molecule has 42 heavy (non-hydrogen) atoms. The maximum absolute atomic E-state index is 14.3. The van der Waals surface area contributed by atoms with E-state index in [2.05, 4.69) is 15.0 Å². The van der Waals surface area contributed by atoms with Crippen molar-refractivity contribution in [3.8, 4) is 0 Å². The number of benzene rings is 1. The summed E-state index contributed by atoms with van der Waals surface area (Å²) in [5.41, 5.74) is 6.52. The van der Waals surface area contributed by atoms with Crippen LogP contribution < -0.4 is 11.3 Å².